The molecule has 0 spiro atoms. The predicted molar refractivity (Wildman–Crippen MR) is 54.8 cm³/mol. The lowest BCUT2D eigenvalue weighted by Crippen LogP contribution is -2.21. The first-order valence-electron chi connectivity index (χ1n) is 5.59. The van der Waals surface area contributed by atoms with Gasteiger partial charge < -0.3 is 4.74 Å². The van der Waals surface area contributed by atoms with E-state index in [1.54, 1.807) is 0 Å². The van der Waals surface area contributed by atoms with Crippen LogP contribution in [0.2, 0.25) is 0 Å². The fourth-order valence-corrected chi connectivity index (χ4v) is 1.63. The molecule has 0 saturated heterocycles. The van der Waals surface area contributed by atoms with Crippen molar-refractivity contribution in [2.75, 3.05) is 6.61 Å². The van der Waals surface area contributed by atoms with Crippen LogP contribution in [0.5, 0.6) is 0 Å². The molecular formula is C11H21F3O. The Labute approximate surface area is 90.0 Å². The summed E-state index contributed by atoms with van der Waals surface area (Å²) in [5.41, 5.74) is 0. The van der Waals surface area contributed by atoms with E-state index >= 15 is 0 Å². The Morgan fingerprint density at radius 1 is 1.13 bits per heavy atom. The number of ether oxygens (including phenoxy) is 1. The van der Waals surface area contributed by atoms with Crippen LogP contribution in [-0.4, -0.2) is 18.9 Å². The molecule has 0 N–H and O–H groups in total. The summed E-state index contributed by atoms with van der Waals surface area (Å²) in [5.74, 6) is 0.455. The van der Waals surface area contributed by atoms with E-state index in [1.807, 2.05) is 6.92 Å². The summed E-state index contributed by atoms with van der Waals surface area (Å²) >= 11 is 0. The van der Waals surface area contributed by atoms with E-state index in [4.69, 9.17) is 4.74 Å². The monoisotopic (exact) mass is 226 g/mol. The first kappa shape index (κ1) is 14.8. The molecule has 4 heteroatoms. The van der Waals surface area contributed by atoms with Crippen molar-refractivity contribution in [3.63, 3.8) is 0 Å². The van der Waals surface area contributed by atoms with Crippen molar-refractivity contribution in [3.05, 3.63) is 0 Å². The van der Waals surface area contributed by atoms with E-state index in [2.05, 4.69) is 13.8 Å². The highest BCUT2D eigenvalue weighted by Gasteiger charge is 2.26. The third-order valence-corrected chi connectivity index (χ3v) is 2.70. The van der Waals surface area contributed by atoms with Gasteiger partial charge in [0, 0.05) is 13.0 Å². The van der Waals surface area contributed by atoms with Gasteiger partial charge in [-0.3, -0.25) is 0 Å². The summed E-state index contributed by atoms with van der Waals surface area (Å²) in [5, 5.41) is 0. The van der Waals surface area contributed by atoms with Gasteiger partial charge in [-0.25, -0.2) is 0 Å². The lowest BCUT2D eigenvalue weighted by atomic mass is 9.98. The van der Waals surface area contributed by atoms with E-state index in [1.165, 1.54) is 0 Å². The Balaban J connectivity index is 3.58. The Bertz CT molecular complexity index is 152. The number of hydrogen-bond donors (Lipinski definition) is 0. The minimum atomic E-state index is -4.05. The molecule has 0 bridgehead atoms. The van der Waals surface area contributed by atoms with Crippen LogP contribution in [0.1, 0.15) is 46.5 Å². The summed E-state index contributed by atoms with van der Waals surface area (Å²) in [4.78, 5) is 0. The maximum Gasteiger partial charge on any atom is 0.389 e. The maximum atomic E-state index is 11.8. The van der Waals surface area contributed by atoms with Gasteiger partial charge in [0.05, 0.1) is 6.10 Å². The Morgan fingerprint density at radius 3 is 2.07 bits per heavy atom. The summed E-state index contributed by atoms with van der Waals surface area (Å²) in [6.45, 7) is 6.29. The van der Waals surface area contributed by atoms with Gasteiger partial charge in [-0.05, 0) is 19.3 Å². The van der Waals surface area contributed by atoms with Crippen molar-refractivity contribution < 1.29 is 17.9 Å². The largest absolute Gasteiger partial charge is 0.389 e. The van der Waals surface area contributed by atoms with Gasteiger partial charge in [0.25, 0.3) is 0 Å². The first-order chi connectivity index (χ1) is 6.90. The van der Waals surface area contributed by atoms with Crippen LogP contribution in [0.25, 0.3) is 0 Å². The number of alkyl halides is 3. The zero-order valence-corrected chi connectivity index (χ0v) is 9.73. The second-order valence-electron chi connectivity index (χ2n) is 3.87. The minimum Gasteiger partial charge on any atom is -0.378 e. The lowest BCUT2D eigenvalue weighted by molar-refractivity contribution is -0.139. The molecule has 92 valence electrons. The van der Waals surface area contributed by atoms with E-state index < -0.39 is 12.6 Å². The van der Waals surface area contributed by atoms with Crippen molar-refractivity contribution in [1.29, 1.82) is 0 Å². The highest BCUT2D eigenvalue weighted by molar-refractivity contribution is 4.63. The van der Waals surface area contributed by atoms with Crippen LogP contribution in [0.4, 0.5) is 13.2 Å². The predicted octanol–water partition coefficient (Wildman–Crippen LogP) is 4.17. The number of hydrogen-bond acceptors (Lipinski definition) is 1. The lowest BCUT2D eigenvalue weighted by Gasteiger charge is -2.21. The van der Waals surface area contributed by atoms with Gasteiger partial charge in [0.2, 0.25) is 0 Å². The molecule has 0 fully saturated rings. The third kappa shape index (κ3) is 7.65. The van der Waals surface area contributed by atoms with Crippen LogP contribution in [0, 0.1) is 5.92 Å². The fourth-order valence-electron chi connectivity index (χ4n) is 1.63. The van der Waals surface area contributed by atoms with Crippen LogP contribution in [-0.2, 0) is 4.74 Å². The van der Waals surface area contributed by atoms with Crippen molar-refractivity contribution in [2.45, 2.75) is 58.7 Å². The van der Waals surface area contributed by atoms with Gasteiger partial charge in [0.15, 0.2) is 0 Å². The molecule has 15 heavy (non-hydrogen) atoms. The topological polar surface area (TPSA) is 9.23 Å². The SMILES string of the molecule is CCC(CC)[C@@H](C)OCCCC(F)(F)F. The molecule has 0 aromatic carbocycles. The van der Waals surface area contributed by atoms with Gasteiger partial charge in [-0.1, -0.05) is 26.7 Å². The molecule has 0 aliphatic rings. The zero-order valence-electron chi connectivity index (χ0n) is 9.73. The van der Waals surface area contributed by atoms with Crippen molar-refractivity contribution >= 4 is 0 Å². The van der Waals surface area contributed by atoms with Crippen LogP contribution in [0.3, 0.4) is 0 Å². The van der Waals surface area contributed by atoms with E-state index in [0.717, 1.165) is 12.8 Å². The smallest absolute Gasteiger partial charge is 0.378 e. The average Bonchev–Trinajstić information content (AvgIpc) is 2.13. The molecule has 0 radical (unpaired) electrons. The molecule has 0 unspecified atom stereocenters. The van der Waals surface area contributed by atoms with Crippen molar-refractivity contribution in [3.8, 4) is 0 Å². The third-order valence-electron chi connectivity index (χ3n) is 2.70. The van der Waals surface area contributed by atoms with Gasteiger partial charge in [-0.2, -0.15) is 13.2 Å². The molecule has 0 rings (SSSR count). The summed E-state index contributed by atoms with van der Waals surface area (Å²) in [7, 11) is 0. The summed E-state index contributed by atoms with van der Waals surface area (Å²) in [6.07, 6.45) is -2.65. The molecule has 0 amide bonds. The van der Waals surface area contributed by atoms with Crippen LogP contribution in [0.15, 0.2) is 0 Å². The number of rotatable bonds is 7. The highest BCUT2D eigenvalue weighted by atomic mass is 19.4. The molecular weight excluding hydrogens is 205 g/mol. The second kappa shape index (κ2) is 7.09. The van der Waals surface area contributed by atoms with E-state index in [-0.39, 0.29) is 19.1 Å². The summed E-state index contributed by atoms with van der Waals surface area (Å²) in [6, 6.07) is 0. The highest BCUT2D eigenvalue weighted by Crippen LogP contribution is 2.22. The summed E-state index contributed by atoms with van der Waals surface area (Å²) < 4.78 is 40.8. The van der Waals surface area contributed by atoms with Crippen LogP contribution < -0.4 is 0 Å². The Kier molecular flexibility index (Phi) is 6.98. The maximum absolute atomic E-state index is 11.8. The number of halogens is 3. The fraction of sp³-hybridized carbons (Fsp3) is 1.00. The Hall–Kier alpha value is -0.250. The average molecular weight is 226 g/mol. The van der Waals surface area contributed by atoms with Gasteiger partial charge in [0.1, 0.15) is 0 Å². The molecule has 0 aliphatic heterocycles. The first-order valence-corrected chi connectivity index (χ1v) is 5.59. The molecule has 0 heterocycles. The van der Waals surface area contributed by atoms with Crippen molar-refractivity contribution in [1.82, 2.24) is 0 Å². The molecule has 0 saturated carbocycles. The molecule has 0 aromatic rings. The van der Waals surface area contributed by atoms with E-state index in [9.17, 15) is 13.2 Å². The molecule has 1 nitrogen and oxygen atoms in total. The van der Waals surface area contributed by atoms with Crippen molar-refractivity contribution in [2.24, 2.45) is 5.92 Å². The van der Waals surface area contributed by atoms with E-state index in [0.29, 0.717) is 5.92 Å². The van der Waals surface area contributed by atoms with Gasteiger partial charge >= 0.3 is 6.18 Å². The molecule has 1 atom stereocenters. The normalized spacial score (nSPS) is 14.6. The standard InChI is InChI=1S/C11H21F3O/c1-4-10(5-2)9(3)15-8-6-7-11(12,13)14/h9-10H,4-8H2,1-3H3/t9-/m1/s1. The van der Waals surface area contributed by atoms with Gasteiger partial charge in [-0.15, -0.1) is 0 Å². The van der Waals surface area contributed by atoms with Crippen LogP contribution >= 0.6 is 0 Å². The molecule has 0 aliphatic carbocycles. The second-order valence-corrected chi connectivity index (χ2v) is 3.87. The minimum absolute atomic E-state index is 0.0632. The Morgan fingerprint density at radius 2 is 1.67 bits per heavy atom. The quantitative estimate of drug-likeness (QED) is 0.592. The zero-order chi connectivity index (χ0) is 11.9. The molecule has 0 aromatic heterocycles.